The summed E-state index contributed by atoms with van der Waals surface area (Å²) in [6.45, 7) is 0. The molecule has 0 aliphatic carbocycles. The topological polar surface area (TPSA) is 90.2 Å². The first-order valence-corrected chi connectivity index (χ1v) is 19.7. The average molecular weight is 770 g/mol. The lowest BCUT2D eigenvalue weighted by Gasteiger charge is -2.16. The van der Waals surface area contributed by atoms with E-state index in [9.17, 15) is 0 Å². The third kappa shape index (κ3) is 7.46. The minimum atomic E-state index is 0.583. The van der Waals surface area contributed by atoms with E-state index in [1.807, 2.05) is 146 Å². The Balaban J connectivity index is 1.17. The Morgan fingerprint density at radius 3 is 0.867 bits per heavy atom. The summed E-state index contributed by atoms with van der Waals surface area (Å²) in [4.78, 5) is 34.9. The van der Waals surface area contributed by atoms with Gasteiger partial charge in [0.1, 0.15) is 0 Å². The molecule has 60 heavy (non-hydrogen) atoms. The summed E-state index contributed by atoms with van der Waals surface area (Å²) < 4.78 is 0. The lowest BCUT2D eigenvalue weighted by molar-refractivity contribution is 1.07. The number of aromatic nitrogens is 7. The Labute approximate surface area is 347 Å². The van der Waals surface area contributed by atoms with Gasteiger partial charge in [-0.1, -0.05) is 176 Å². The fourth-order valence-electron chi connectivity index (χ4n) is 7.36. The summed E-state index contributed by atoms with van der Waals surface area (Å²) in [6.07, 6.45) is 3.69. The van der Waals surface area contributed by atoms with E-state index < -0.39 is 0 Å². The van der Waals surface area contributed by atoms with E-state index in [0.29, 0.717) is 34.9 Å². The maximum Gasteiger partial charge on any atom is 0.164 e. The van der Waals surface area contributed by atoms with Gasteiger partial charge in [-0.05, 0) is 52.1 Å². The normalized spacial score (nSPS) is 11.0. The number of hydrogen-bond donors (Lipinski definition) is 0. The molecule has 0 bridgehead atoms. The Morgan fingerprint density at radius 1 is 0.217 bits per heavy atom. The van der Waals surface area contributed by atoms with Crippen molar-refractivity contribution >= 4 is 0 Å². The number of nitrogens with zero attached hydrogens (tertiary/aromatic N) is 7. The molecule has 0 amide bonds. The summed E-state index contributed by atoms with van der Waals surface area (Å²) in [7, 11) is 0. The zero-order valence-corrected chi connectivity index (χ0v) is 32.3. The molecule has 3 aromatic heterocycles. The van der Waals surface area contributed by atoms with Crippen molar-refractivity contribution < 1.29 is 0 Å². The standard InChI is InChI=1S/C53H35N7/c1-5-18-36(19-6-1)48-55-49(37-20-7-2-8-21-37)58-52(57-48)46-29-15-13-27-44(46)42-32-41(40-26-17-31-54-35-40)33-43(34-42)45-28-14-16-30-47(45)53-59-50(38-22-9-3-10-23-38)56-51(60-53)39-24-11-4-12-25-39/h1-35H. The highest BCUT2D eigenvalue weighted by Crippen LogP contribution is 2.40. The van der Waals surface area contributed by atoms with Crippen molar-refractivity contribution in [2.75, 3.05) is 0 Å². The second kappa shape index (κ2) is 16.3. The van der Waals surface area contributed by atoms with Crippen LogP contribution in [0.15, 0.2) is 213 Å². The maximum absolute atomic E-state index is 5.11. The smallest absolute Gasteiger partial charge is 0.164 e. The lowest BCUT2D eigenvalue weighted by atomic mass is 9.90. The van der Waals surface area contributed by atoms with E-state index in [-0.39, 0.29) is 0 Å². The van der Waals surface area contributed by atoms with Crippen LogP contribution in [0.1, 0.15) is 0 Å². The molecular weight excluding hydrogens is 735 g/mol. The van der Waals surface area contributed by atoms with Gasteiger partial charge in [0.2, 0.25) is 0 Å². The molecule has 0 aliphatic rings. The molecule has 10 aromatic rings. The Bertz CT molecular complexity index is 2770. The van der Waals surface area contributed by atoms with Gasteiger partial charge in [0, 0.05) is 51.3 Å². The van der Waals surface area contributed by atoms with Crippen molar-refractivity contribution in [3.05, 3.63) is 213 Å². The molecule has 3 heterocycles. The van der Waals surface area contributed by atoms with Crippen molar-refractivity contribution in [3.63, 3.8) is 0 Å². The molecule has 0 spiro atoms. The molecule has 282 valence electrons. The van der Waals surface area contributed by atoms with Crippen molar-refractivity contribution in [1.29, 1.82) is 0 Å². The van der Waals surface area contributed by atoms with Crippen molar-refractivity contribution in [2.45, 2.75) is 0 Å². The molecule has 0 N–H and O–H groups in total. The van der Waals surface area contributed by atoms with Crippen molar-refractivity contribution in [1.82, 2.24) is 34.9 Å². The van der Waals surface area contributed by atoms with Gasteiger partial charge in [0.25, 0.3) is 0 Å². The Morgan fingerprint density at radius 2 is 0.517 bits per heavy atom. The Kier molecular flexibility index (Phi) is 9.79. The minimum absolute atomic E-state index is 0.583. The van der Waals surface area contributed by atoms with E-state index in [2.05, 4.69) is 65.6 Å². The molecular formula is C53H35N7. The molecule has 0 radical (unpaired) electrons. The maximum atomic E-state index is 5.11. The third-order valence-electron chi connectivity index (χ3n) is 10.3. The van der Waals surface area contributed by atoms with Gasteiger partial charge in [-0.25, -0.2) is 29.9 Å². The van der Waals surface area contributed by atoms with E-state index in [1.165, 1.54) is 0 Å². The number of pyridine rings is 1. The van der Waals surface area contributed by atoms with E-state index in [0.717, 1.165) is 66.8 Å². The molecule has 0 saturated carbocycles. The molecule has 0 fully saturated rings. The van der Waals surface area contributed by atoms with Crippen molar-refractivity contribution in [3.8, 4) is 102 Å². The third-order valence-corrected chi connectivity index (χ3v) is 10.3. The molecule has 7 nitrogen and oxygen atoms in total. The van der Waals surface area contributed by atoms with Crippen LogP contribution in [0.25, 0.3) is 102 Å². The van der Waals surface area contributed by atoms with Crippen LogP contribution < -0.4 is 0 Å². The molecule has 7 aromatic carbocycles. The van der Waals surface area contributed by atoms with Gasteiger partial charge in [0.05, 0.1) is 0 Å². The second-order valence-electron chi connectivity index (χ2n) is 14.2. The van der Waals surface area contributed by atoms with E-state index in [1.54, 1.807) is 6.20 Å². The first-order valence-electron chi connectivity index (χ1n) is 19.7. The van der Waals surface area contributed by atoms with Crippen LogP contribution in [-0.4, -0.2) is 34.9 Å². The molecule has 0 saturated heterocycles. The van der Waals surface area contributed by atoms with Gasteiger partial charge in [-0.3, -0.25) is 4.98 Å². The molecule has 0 aliphatic heterocycles. The molecule has 7 heteroatoms. The second-order valence-corrected chi connectivity index (χ2v) is 14.2. The lowest BCUT2D eigenvalue weighted by Crippen LogP contribution is -2.01. The van der Waals surface area contributed by atoms with E-state index >= 15 is 0 Å². The zero-order valence-electron chi connectivity index (χ0n) is 32.3. The molecule has 10 rings (SSSR count). The van der Waals surface area contributed by atoms with Gasteiger partial charge in [0.15, 0.2) is 34.9 Å². The SMILES string of the molecule is c1ccc(-c2nc(-c3ccccc3)nc(-c3ccccc3-c3cc(-c4cccnc4)cc(-c4ccccc4-c4nc(-c5ccccc5)nc(-c5ccccc5)n4)c3)n2)cc1. The Hall–Kier alpha value is -8.29. The summed E-state index contributed by atoms with van der Waals surface area (Å²) in [5.41, 5.74) is 11.4. The predicted octanol–water partition coefficient (Wildman–Crippen LogP) is 12.5. The van der Waals surface area contributed by atoms with E-state index in [4.69, 9.17) is 29.9 Å². The summed E-state index contributed by atoms with van der Waals surface area (Å²) in [5, 5.41) is 0. The monoisotopic (exact) mass is 769 g/mol. The van der Waals surface area contributed by atoms with Gasteiger partial charge >= 0.3 is 0 Å². The van der Waals surface area contributed by atoms with Crippen LogP contribution >= 0.6 is 0 Å². The van der Waals surface area contributed by atoms with Crippen molar-refractivity contribution in [2.24, 2.45) is 0 Å². The largest absolute Gasteiger partial charge is 0.264 e. The molecule has 0 atom stereocenters. The van der Waals surface area contributed by atoms with Crippen LogP contribution in [0.5, 0.6) is 0 Å². The highest BCUT2D eigenvalue weighted by atomic mass is 15.0. The number of hydrogen-bond acceptors (Lipinski definition) is 7. The quantitative estimate of drug-likeness (QED) is 0.144. The number of rotatable bonds is 9. The number of benzene rings is 7. The van der Waals surface area contributed by atoms with Crippen LogP contribution in [0, 0.1) is 0 Å². The summed E-state index contributed by atoms with van der Waals surface area (Å²) >= 11 is 0. The minimum Gasteiger partial charge on any atom is -0.264 e. The first-order chi connectivity index (χ1) is 29.7. The highest BCUT2D eigenvalue weighted by molar-refractivity contribution is 5.90. The van der Waals surface area contributed by atoms with Crippen LogP contribution in [-0.2, 0) is 0 Å². The zero-order chi connectivity index (χ0) is 40.1. The first kappa shape index (κ1) is 36.1. The summed E-state index contributed by atoms with van der Waals surface area (Å²) in [5.74, 6) is 3.59. The van der Waals surface area contributed by atoms with Gasteiger partial charge in [-0.15, -0.1) is 0 Å². The fraction of sp³-hybridized carbons (Fsp3) is 0. The van der Waals surface area contributed by atoms with Crippen LogP contribution in [0.3, 0.4) is 0 Å². The van der Waals surface area contributed by atoms with Crippen LogP contribution in [0.4, 0.5) is 0 Å². The highest BCUT2D eigenvalue weighted by Gasteiger charge is 2.20. The van der Waals surface area contributed by atoms with Gasteiger partial charge < -0.3 is 0 Å². The average Bonchev–Trinajstić information content (AvgIpc) is 3.35. The summed E-state index contributed by atoms with van der Waals surface area (Å²) in [6, 6.07) is 67.5. The van der Waals surface area contributed by atoms with Crippen LogP contribution in [0.2, 0.25) is 0 Å². The fourth-order valence-corrected chi connectivity index (χ4v) is 7.36. The molecule has 0 unspecified atom stereocenters. The van der Waals surface area contributed by atoms with Gasteiger partial charge in [-0.2, -0.15) is 0 Å². The predicted molar refractivity (Wildman–Crippen MR) is 240 cm³/mol.